The molecule has 5 nitrogen and oxygen atoms in total. The van der Waals surface area contributed by atoms with Crippen LogP contribution in [-0.2, 0) is 22.6 Å². The van der Waals surface area contributed by atoms with Crippen molar-refractivity contribution in [3.8, 4) is 0 Å². The monoisotopic (exact) mass is 479 g/mol. The van der Waals surface area contributed by atoms with Gasteiger partial charge in [0.15, 0.2) is 11.6 Å². The van der Waals surface area contributed by atoms with Gasteiger partial charge in [-0.2, -0.15) is 0 Å². The number of halogens is 2. The predicted octanol–water partition coefficient (Wildman–Crippen LogP) is 4.56. The standard InChI is InChI=1S/C28H31F2N3O2/c1-20-5-8-23(9-6-20)25-18-32(14-21-7-10-26(29)27(30)12-21)16-24(25)17-33(28(34)19-35-2)15-22-4-3-11-31-13-22/h3-13,24-25H,14-19H2,1-2H3. The van der Waals surface area contributed by atoms with Crippen LogP contribution in [-0.4, -0.2) is 54.0 Å². The Balaban J connectivity index is 1.56. The summed E-state index contributed by atoms with van der Waals surface area (Å²) in [5.41, 5.74) is 4.10. The Kier molecular flexibility index (Phi) is 8.21. The number of methoxy groups -OCH3 is 1. The molecule has 0 aliphatic carbocycles. The molecule has 1 amide bonds. The summed E-state index contributed by atoms with van der Waals surface area (Å²) in [7, 11) is 1.52. The Labute approximate surface area is 205 Å². The maximum absolute atomic E-state index is 13.8. The summed E-state index contributed by atoms with van der Waals surface area (Å²) in [4.78, 5) is 21.2. The first-order valence-corrected chi connectivity index (χ1v) is 11.8. The molecule has 1 aliphatic heterocycles. The molecule has 2 aromatic carbocycles. The van der Waals surface area contributed by atoms with E-state index in [9.17, 15) is 13.6 Å². The van der Waals surface area contributed by atoms with Crippen LogP contribution in [0.5, 0.6) is 0 Å². The van der Waals surface area contributed by atoms with Gasteiger partial charge in [-0.1, -0.05) is 42.0 Å². The van der Waals surface area contributed by atoms with Gasteiger partial charge in [0.25, 0.3) is 0 Å². The van der Waals surface area contributed by atoms with Crippen LogP contribution in [0.4, 0.5) is 8.78 Å². The van der Waals surface area contributed by atoms with E-state index in [4.69, 9.17) is 4.74 Å². The largest absolute Gasteiger partial charge is 0.375 e. The van der Waals surface area contributed by atoms with Crippen LogP contribution in [0.15, 0.2) is 67.0 Å². The highest BCUT2D eigenvalue weighted by molar-refractivity contribution is 5.77. The smallest absolute Gasteiger partial charge is 0.248 e. The van der Waals surface area contributed by atoms with Crippen LogP contribution in [0.2, 0.25) is 0 Å². The number of ether oxygens (including phenoxy) is 1. The van der Waals surface area contributed by atoms with E-state index < -0.39 is 11.6 Å². The SMILES string of the molecule is COCC(=O)N(Cc1cccnc1)CC1CN(Cc2ccc(F)c(F)c2)CC1c1ccc(C)cc1. The maximum atomic E-state index is 13.8. The second-order valence-electron chi connectivity index (χ2n) is 9.29. The third-order valence-electron chi connectivity index (χ3n) is 6.58. The van der Waals surface area contributed by atoms with Gasteiger partial charge in [-0.25, -0.2) is 8.78 Å². The lowest BCUT2D eigenvalue weighted by molar-refractivity contribution is -0.136. The van der Waals surface area contributed by atoms with Gasteiger partial charge in [-0.15, -0.1) is 0 Å². The summed E-state index contributed by atoms with van der Waals surface area (Å²) in [6.45, 7) is 5.11. The number of carbonyl (C=O) groups is 1. The minimum atomic E-state index is -0.840. The topological polar surface area (TPSA) is 45.7 Å². The molecule has 0 saturated carbocycles. The number of hydrogen-bond donors (Lipinski definition) is 0. The molecule has 184 valence electrons. The minimum Gasteiger partial charge on any atom is -0.375 e. The molecule has 2 heterocycles. The van der Waals surface area contributed by atoms with Gasteiger partial charge in [-0.05, 0) is 47.7 Å². The highest BCUT2D eigenvalue weighted by Gasteiger charge is 2.36. The Morgan fingerprint density at radius 3 is 2.57 bits per heavy atom. The molecule has 3 aromatic rings. The van der Waals surface area contributed by atoms with E-state index in [0.29, 0.717) is 19.6 Å². The van der Waals surface area contributed by atoms with Crippen LogP contribution in [0.1, 0.15) is 28.2 Å². The number of nitrogens with zero attached hydrogens (tertiary/aromatic N) is 3. The number of likely N-dealkylation sites (tertiary alicyclic amines) is 1. The average Bonchev–Trinajstić information content (AvgIpc) is 3.24. The van der Waals surface area contributed by atoms with Crippen LogP contribution >= 0.6 is 0 Å². The summed E-state index contributed by atoms with van der Waals surface area (Å²) in [5.74, 6) is -1.37. The number of carbonyl (C=O) groups excluding carboxylic acids is 1. The fraction of sp³-hybridized carbons (Fsp3) is 0.357. The van der Waals surface area contributed by atoms with Crippen molar-refractivity contribution in [3.05, 3.63) is 101 Å². The lowest BCUT2D eigenvalue weighted by Gasteiger charge is -2.28. The van der Waals surface area contributed by atoms with E-state index in [1.807, 2.05) is 17.0 Å². The number of hydrogen-bond acceptors (Lipinski definition) is 4. The Morgan fingerprint density at radius 1 is 1.09 bits per heavy atom. The summed E-state index contributed by atoms with van der Waals surface area (Å²) in [6, 6.07) is 16.4. The number of rotatable bonds is 9. The van der Waals surface area contributed by atoms with Gasteiger partial charge in [0.2, 0.25) is 5.91 Å². The first kappa shape index (κ1) is 24.9. The van der Waals surface area contributed by atoms with E-state index in [1.54, 1.807) is 18.5 Å². The van der Waals surface area contributed by atoms with Gasteiger partial charge in [-0.3, -0.25) is 14.7 Å². The first-order chi connectivity index (χ1) is 16.9. The van der Waals surface area contributed by atoms with Gasteiger partial charge in [0.1, 0.15) is 6.61 Å². The number of aromatic nitrogens is 1. The molecule has 1 aromatic heterocycles. The molecule has 35 heavy (non-hydrogen) atoms. The van der Waals surface area contributed by atoms with E-state index in [1.165, 1.54) is 30.4 Å². The van der Waals surface area contributed by atoms with Crippen LogP contribution in [0, 0.1) is 24.5 Å². The van der Waals surface area contributed by atoms with Crippen molar-refractivity contribution >= 4 is 5.91 Å². The number of pyridine rings is 1. The Morgan fingerprint density at radius 2 is 1.89 bits per heavy atom. The molecule has 0 radical (unpaired) electrons. The van der Waals surface area contributed by atoms with Crippen molar-refractivity contribution in [2.24, 2.45) is 5.92 Å². The summed E-state index contributed by atoms with van der Waals surface area (Å²) in [6.07, 6.45) is 3.49. The first-order valence-electron chi connectivity index (χ1n) is 11.8. The van der Waals surface area contributed by atoms with Crippen molar-refractivity contribution in [2.45, 2.75) is 25.9 Å². The fourth-order valence-corrected chi connectivity index (χ4v) is 4.83. The molecule has 1 fully saturated rings. The third kappa shape index (κ3) is 6.50. The van der Waals surface area contributed by atoms with Crippen molar-refractivity contribution in [1.29, 1.82) is 0 Å². The molecule has 2 unspecified atom stereocenters. The van der Waals surface area contributed by atoms with Crippen LogP contribution < -0.4 is 0 Å². The molecule has 0 N–H and O–H groups in total. The van der Waals surface area contributed by atoms with Crippen LogP contribution in [0.3, 0.4) is 0 Å². The summed E-state index contributed by atoms with van der Waals surface area (Å²) < 4.78 is 32.4. The van der Waals surface area contributed by atoms with E-state index in [2.05, 4.69) is 41.1 Å². The zero-order chi connectivity index (χ0) is 24.8. The van der Waals surface area contributed by atoms with Gasteiger partial charge >= 0.3 is 0 Å². The Bertz CT molecular complexity index is 1120. The highest BCUT2D eigenvalue weighted by atomic mass is 19.2. The van der Waals surface area contributed by atoms with E-state index in [0.717, 1.165) is 24.2 Å². The third-order valence-corrected chi connectivity index (χ3v) is 6.58. The van der Waals surface area contributed by atoms with Crippen molar-refractivity contribution < 1.29 is 18.3 Å². The molecule has 0 bridgehead atoms. The van der Waals surface area contributed by atoms with E-state index in [-0.39, 0.29) is 24.3 Å². The predicted molar refractivity (Wildman–Crippen MR) is 131 cm³/mol. The zero-order valence-electron chi connectivity index (χ0n) is 20.2. The minimum absolute atomic E-state index is 0.0146. The Hall–Kier alpha value is -3.16. The molecule has 1 aliphatic rings. The molecular formula is C28H31F2N3O2. The zero-order valence-corrected chi connectivity index (χ0v) is 20.2. The molecule has 1 saturated heterocycles. The molecule has 2 atom stereocenters. The maximum Gasteiger partial charge on any atom is 0.248 e. The number of aryl methyl sites for hydroxylation is 1. The van der Waals surface area contributed by atoms with Crippen molar-refractivity contribution in [2.75, 3.05) is 33.4 Å². The molecular weight excluding hydrogens is 448 g/mol. The van der Waals surface area contributed by atoms with Crippen molar-refractivity contribution in [1.82, 2.24) is 14.8 Å². The second kappa shape index (κ2) is 11.5. The number of amides is 1. The van der Waals surface area contributed by atoms with Crippen LogP contribution in [0.25, 0.3) is 0 Å². The second-order valence-corrected chi connectivity index (χ2v) is 9.29. The van der Waals surface area contributed by atoms with Crippen molar-refractivity contribution in [3.63, 3.8) is 0 Å². The van der Waals surface area contributed by atoms with Gasteiger partial charge in [0.05, 0.1) is 0 Å². The van der Waals surface area contributed by atoms with E-state index >= 15 is 0 Å². The lowest BCUT2D eigenvalue weighted by Crippen LogP contribution is -2.39. The molecule has 7 heteroatoms. The van der Waals surface area contributed by atoms with Gasteiger partial charge in [0, 0.05) is 58.1 Å². The normalized spacial score (nSPS) is 18.1. The summed E-state index contributed by atoms with van der Waals surface area (Å²) >= 11 is 0. The van der Waals surface area contributed by atoms with Gasteiger partial charge < -0.3 is 9.64 Å². The lowest BCUT2D eigenvalue weighted by atomic mass is 9.88. The number of benzene rings is 2. The average molecular weight is 480 g/mol. The molecule has 4 rings (SSSR count). The fourth-order valence-electron chi connectivity index (χ4n) is 4.83. The quantitative estimate of drug-likeness (QED) is 0.452. The molecule has 0 spiro atoms. The highest BCUT2D eigenvalue weighted by Crippen LogP contribution is 2.35. The summed E-state index contributed by atoms with van der Waals surface area (Å²) in [5, 5.41) is 0.